The molecule has 2 heterocycles. The lowest BCUT2D eigenvalue weighted by molar-refractivity contribution is -0.115. The molecule has 0 fully saturated rings. The van der Waals surface area contributed by atoms with E-state index in [1.165, 1.54) is 23.1 Å². The Labute approximate surface area is 136 Å². The Morgan fingerprint density at radius 2 is 2.05 bits per heavy atom. The first kappa shape index (κ1) is 16.3. The molecule has 1 amide bonds. The van der Waals surface area contributed by atoms with Gasteiger partial charge in [-0.1, -0.05) is 34.9 Å². The standard InChI is InChI=1S/C12H17N5OS3/c1-7(2)17-9(5-6-13-17)14-10(18)8(3)20-12-16-15-11(19-4)21-12/h5-8H,1-4H3,(H,14,18). The Bertz CT molecular complexity index is 610. The molecular formula is C12H17N5OS3. The summed E-state index contributed by atoms with van der Waals surface area (Å²) in [5.41, 5.74) is 0. The molecular weight excluding hydrogens is 326 g/mol. The van der Waals surface area contributed by atoms with E-state index in [1.807, 2.05) is 27.0 Å². The second-order valence-corrected chi connectivity index (χ2v) is 8.16. The van der Waals surface area contributed by atoms with Crippen molar-refractivity contribution in [1.29, 1.82) is 0 Å². The maximum Gasteiger partial charge on any atom is 0.238 e. The Morgan fingerprint density at radius 1 is 1.33 bits per heavy atom. The highest BCUT2D eigenvalue weighted by Crippen LogP contribution is 2.30. The fourth-order valence-electron chi connectivity index (χ4n) is 1.58. The molecule has 0 saturated heterocycles. The van der Waals surface area contributed by atoms with Gasteiger partial charge < -0.3 is 5.32 Å². The molecule has 0 aliphatic carbocycles. The van der Waals surface area contributed by atoms with Crippen LogP contribution in [-0.4, -0.2) is 37.4 Å². The van der Waals surface area contributed by atoms with Crippen molar-refractivity contribution in [2.24, 2.45) is 0 Å². The molecule has 2 rings (SSSR count). The van der Waals surface area contributed by atoms with Gasteiger partial charge in [0.1, 0.15) is 5.82 Å². The molecule has 2 aromatic heterocycles. The van der Waals surface area contributed by atoms with Crippen molar-refractivity contribution in [3.05, 3.63) is 12.3 Å². The number of rotatable bonds is 6. The zero-order valence-electron chi connectivity index (χ0n) is 12.2. The summed E-state index contributed by atoms with van der Waals surface area (Å²) >= 11 is 4.47. The highest BCUT2D eigenvalue weighted by Gasteiger charge is 2.19. The highest BCUT2D eigenvalue weighted by atomic mass is 32.2. The Morgan fingerprint density at radius 3 is 2.67 bits per heavy atom. The van der Waals surface area contributed by atoms with Crippen LogP contribution in [0.4, 0.5) is 5.82 Å². The van der Waals surface area contributed by atoms with Gasteiger partial charge in [-0.25, -0.2) is 4.68 Å². The lowest BCUT2D eigenvalue weighted by atomic mass is 10.4. The number of carbonyl (C=O) groups excluding carboxylic acids is 1. The molecule has 0 aliphatic heterocycles. The van der Waals surface area contributed by atoms with E-state index >= 15 is 0 Å². The van der Waals surface area contributed by atoms with Crippen molar-refractivity contribution < 1.29 is 4.79 Å². The normalized spacial score (nSPS) is 12.6. The largest absolute Gasteiger partial charge is 0.310 e. The number of hydrogen-bond acceptors (Lipinski definition) is 7. The van der Waals surface area contributed by atoms with Crippen LogP contribution in [-0.2, 0) is 4.79 Å². The van der Waals surface area contributed by atoms with Crippen molar-refractivity contribution in [3.8, 4) is 0 Å². The fraction of sp³-hybridized carbons (Fsp3) is 0.500. The van der Waals surface area contributed by atoms with E-state index in [1.54, 1.807) is 28.7 Å². The highest BCUT2D eigenvalue weighted by molar-refractivity contribution is 8.03. The average Bonchev–Trinajstić information content (AvgIpc) is 3.07. The van der Waals surface area contributed by atoms with Crippen molar-refractivity contribution in [2.45, 2.75) is 40.7 Å². The Balaban J connectivity index is 1.97. The minimum atomic E-state index is -0.247. The second kappa shape index (κ2) is 7.28. The van der Waals surface area contributed by atoms with E-state index in [2.05, 4.69) is 20.6 Å². The maximum absolute atomic E-state index is 12.2. The molecule has 0 aliphatic rings. The Hall–Kier alpha value is -1.06. The third-order valence-corrected chi connectivity index (χ3v) is 5.70. The minimum absolute atomic E-state index is 0.0664. The molecule has 0 saturated carbocycles. The zero-order chi connectivity index (χ0) is 15.4. The van der Waals surface area contributed by atoms with E-state index < -0.39 is 0 Å². The average molecular weight is 344 g/mol. The lowest BCUT2D eigenvalue weighted by Crippen LogP contribution is -2.24. The fourth-order valence-corrected chi connectivity index (χ4v) is 4.17. The van der Waals surface area contributed by atoms with Gasteiger partial charge in [0.05, 0.1) is 11.4 Å². The van der Waals surface area contributed by atoms with Crippen LogP contribution in [0.5, 0.6) is 0 Å². The van der Waals surface area contributed by atoms with E-state index in [-0.39, 0.29) is 17.2 Å². The maximum atomic E-state index is 12.2. The van der Waals surface area contributed by atoms with Gasteiger partial charge >= 0.3 is 0 Å². The molecule has 1 N–H and O–H groups in total. The SMILES string of the molecule is CSc1nnc(SC(C)C(=O)Nc2ccnn2C(C)C)s1. The molecule has 21 heavy (non-hydrogen) atoms. The second-order valence-electron chi connectivity index (χ2n) is 4.54. The first-order valence-corrected chi connectivity index (χ1v) is 9.32. The molecule has 1 unspecified atom stereocenters. The summed E-state index contributed by atoms with van der Waals surface area (Å²) in [6.07, 6.45) is 3.64. The summed E-state index contributed by atoms with van der Waals surface area (Å²) < 4.78 is 3.49. The van der Waals surface area contributed by atoms with Gasteiger partial charge in [0.2, 0.25) is 5.91 Å². The van der Waals surface area contributed by atoms with E-state index in [0.717, 1.165) is 8.68 Å². The molecule has 0 radical (unpaired) electrons. The van der Waals surface area contributed by atoms with Gasteiger partial charge in [-0.2, -0.15) is 5.10 Å². The summed E-state index contributed by atoms with van der Waals surface area (Å²) in [7, 11) is 0. The first-order valence-electron chi connectivity index (χ1n) is 6.39. The predicted molar refractivity (Wildman–Crippen MR) is 88.3 cm³/mol. The number of carbonyl (C=O) groups is 1. The summed E-state index contributed by atoms with van der Waals surface area (Å²) in [4.78, 5) is 12.2. The van der Waals surface area contributed by atoms with E-state index in [4.69, 9.17) is 0 Å². The predicted octanol–water partition coefficient (Wildman–Crippen LogP) is 3.16. The molecule has 0 aromatic carbocycles. The Kier molecular flexibility index (Phi) is 5.65. The van der Waals surface area contributed by atoms with Crippen molar-refractivity contribution in [2.75, 3.05) is 11.6 Å². The van der Waals surface area contributed by atoms with Gasteiger partial charge in [0.25, 0.3) is 0 Å². The smallest absolute Gasteiger partial charge is 0.238 e. The molecule has 6 nitrogen and oxygen atoms in total. The van der Waals surface area contributed by atoms with Crippen LogP contribution in [0.3, 0.4) is 0 Å². The van der Waals surface area contributed by atoms with E-state index in [0.29, 0.717) is 5.82 Å². The van der Waals surface area contributed by atoms with Crippen LogP contribution < -0.4 is 5.32 Å². The van der Waals surface area contributed by atoms with Gasteiger partial charge in [-0.15, -0.1) is 10.2 Å². The summed E-state index contributed by atoms with van der Waals surface area (Å²) in [6, 6.07) is 2.00. The monoisotopic (exact) mass is 343 g/mol. The van der Waals surface area contributed by atoms with Gasteiger partial charge in [0, 0.05) is 12.1 Å². The van der Waals surface area contributed by atoms with Gasteiger partial charge in [-0.3, -0.25) is 4.79 Å². The van der Waals surface area contributed by atoms with Crippen LogP contribution in [0.2, 0.25) is 0 Å². The third kappa shape index (κ3) is 4.21. The quantitative estimate of drug-likeness (QED) is 0.812. The zero-order valence-corrected chi connectivity index (χ0v) is 14.7. The first-order chi connectivity index (χ1) is 10.0. The van der Waals surface area contributed by atoms with Crippen LogP contribution in [0.25, 0.3) is 0 Å². The minimum Gasteiger partial charge on any atom is -0.310 e. The number of anilines is 1. The number of nitrogens with one attached hydrogen (secondary N) is 1. The summed E-state index contributed by atoms with van der Waals surface area (Å²) in [5, 5.41) is 14.9. The molecule has 2 aromatic rings. The third-order valence-electron chi connectivity index (χ3n) is 2.62. The van der Waals surface area contributed by atoms with Crippen LogP contribution >= 0.6 is 34.9 Å². The van der Waals surface area contributed by atoms with Gasteiger partial charge in [-0.05, 0) is 27.0 Å². The van der Waals surface area contributed by atoms with Crippen LogP contribution in [0, 0.1) is 0 Å². The number of aromatic nitrogens is 4. The topological polar surface area (TPSA) is 72.7 Å². The lowest BCUT2D eigenvalue weighted by Gasteiger charge is -2.14. The molecule has 0 bridgehead atoms. The molecule has 114 valence electrons. The van der Waals surface area contributed by atoms with Crippen LogP contribution in [0.1, 0.15) is 26.8 Å². The van der Waals surface area contributed by atoms with E-state index in [9.17, 15) is 4.79 Å². The van der Waals surface area contributed by atoms with Crippen molar-refractivity contribution in [1.82, 2.24) is 20.0 Å². The van der Waals surface area contributed by atoms with Crippen molar-refractivity contribution in [3.63, 3.8) is 0 Å². The molecule has 1 atom stereocenters. The molecule has 0 spiro atoms. The van der Waals surface area contributed by atoms with Gasteiger partial charge in [0.15, 0.2) is 8.68 Å². The summed E-state index contributed by atoms with van der Waals surface area (Å²) in [6.45, 7) is 5.90. The summed E-state index contributed by atoms with van der Waals surface area (Å²) in [5.74, 6) is 0.646. The number of nitrogens with zero attached hydrogens (tertiary/aromatic N) is 4. The number of thioether (sulfide) groups is 2. The van der Waals surface area contributed by atoms with Crippen molar-refractivity contribution >= 4 is 46.6 Å². The number of hydrogen-bond donors (Lipinski definition) is 1. The molecule has 9 heteroatoms. The number of amides is 1. The van der Waals surface area contributed by atoms with Crippen LogP contribution in [0.15, 0.2) is 20.9 Å².